The maximum absolute atomic E-state index is 12.2. The van der Waals surface area contributed by atoms with E-state index in [-0.39, 0.29) is 15.1 Å². The Hall–Kier alpha value is -1.42. The summed E-state index contributed by atoms with van der Waals surface area (Å²) in [6.45, 7) is 0. The Balaban J connectivity index is 2.55. The third-order valence-electron chi connectivity index (χ3n) is 2.44. The van der Waals surface area contributed by atoms with Crippen molar-refractivity contribution in [1.29, 1.82) is 0 Å². The van der Waals surface area contributed by atoms with E-state index in [0.29, 0.717) is 0 Å². The fourth-order valence-corrected chi connectivity index (χ4v) is 3.48. The molecule has 4 nitrogen and oxygen atoms in total. The molecular formula is C12H11O4PS. The van der Waals surface area contributed by atoms with Crippen LogP contribution in [0.1, 0.15) is 0 Å². The van der Waals surface area contributed by atoms with Crippen LogP contribution in [0.2, 0.25) is 0 Å². The highest BCUT2D eigenvalue weighted by atomic mass is 32.2. The Morgan fingerprint density at radius 2 is 1.50 bits per heavy atom. The van der Waals surface area contributed by atoms with Gasteiger partial charge in [0.25, 0.3) is 0 Å². The SMILES string of the molecule is O=[PH](O)c1cccc(S(=O)(=O)c2ccccc2)c1. The van der Waals surface area contributed by atoms with Gasteiger partial charge in [-0.05, 0) is 30.3 Å². The average molecular weight is 282 g/mol. The monoisotopic (exact) mass is 282 g/mol. The maximum atomic E-state index is 12.2. The fraction of sp³-hybridized carbons (Fsp3) is 0. The van der Waals surface area contributed by atoms with Crippen molar-refractivity contribution in [2.24, 2.45) is 0 Å². The molecule has 94 valence electrons. The molecule has 0 aliphatic heterocycles. The van der Waals surface area contributed by atoms with Crippen LogP contribution in [-0.4, -0.2) is 13.3 Å². The quantitative estimate of drug-likeness (QED) is 0.868. The molecule has 2 rings (SSSR count). The third kappa shape index (κ3) is 2.53. The molecule has 2 aromatic rings. The number of rotatable bonds is 3. The van der Waals surface area contributed by atoms with Crippen LogP contribution in [0.3, 0.4) is 0 Å². The van der Waals surface area contributed by atoms with E-state index in [1.54, 1.807) is 18.2 Å². The zero-order valence-electron chi connectivity index (χ0n) is 9.28. The van der Waals surface area contributed by atoms with Crippen molar-refractivity contribution in [3.05, 3.63) is 54.6 Å². The van der Waals surface area contributed by atoms with E-state index in [0.717, 1.165) is 0 Å². The maximum Gasteiger partial charge on any atom is 0.218 e. The zero-order valence-corrected chi connectivity index (χ0v) is 11.1. The second-order valence-corrected chi connectivity index (χ2v) is 6.79. The van der Waals surface area contributed by atoms with Crippen LogP contribution in [-0.2, 0) is 14.4 Å². The van der Waals surface area contributed by atoms with Crippen LogP contribution in [0.5, 0.6) is 0 Å². The lowest BCUT2D eigenvalue weighted by molar-refractivity contribution is 0.513. The van der Waals surface area contributed by atoms with Crippen molar-refractivity contribution in [3.63, 3.8) is 0 Å². The molecule has 0 aliphatic rings. The van der Waals surface area contributed by atoms with Gasteiger partial charge in [0.15, 0.2) is 0 Å². The molecule has 1 N–H and O–H groups in total. The first-order valence-corrected chi connectivity index (χ1v) is 7.99. The van der Waals surface area contributed by atoms with Gasteiger partial charge in [0.05, 0.1) is 9.79 Å². The first-order chi connectivity index (χ1) is 8.51. The van der Waals surface area contributed by atoms with E-state index in [2.05, 4.69) is 0 Å². The smallest absolute Gasteiger partial charge is 0.218 e. The van der Waals surface area contributed by atoms with E-state index in [1.807, 2.05) is 0 Å². The summed E-state index contributed by atoms with van der Waals surface area (Å²) in [6.07, 6.45) is 0. The topological polar surface area (TPSA) is 71.4 Å². The summed E-state index contributed by atoms with van der Waals surface area (Å²) in [4.78, 5) is 9.23. The third-order valence-corrected chi connectivity index (χ3v) is 5.02. The predicted octanol–water partition coefficient (Wildman–Crippen LogP) is 1.61. The zero-order chi connectivity index (χ0) is 13.2. The Morgan fingerprint density at radius 1 is 0.889 bits per heavy atom. The molecule has 0 spiro atoms. The molecule has 2 aromatic carbocycles. The van der Waals surface area contributed by atoms with Gasteiger partial charge in [-0.2, -0.15) is 0 Å². The van der Waals surface area contributed by atoms with E-state index in [1.165, 1.54) is 36.4 Å². The lowest BCUT2D eigenvalue weighted by Crippen LogP contribution is -2.05. The molecular weight excluding hydrogens is 271 g/mol. The first-order valence-electron chi connectivity index (χ1n) is 5.15. The summed E-state index contributed by atoms with van der Waals surface area (Å²) in [5.41, 5.74) is 0. The van der Waals surface area contributed by atoms with Gasteiger partial charge in [-0.15, -0.1) is 0 Å². The number of hydrogen-bond acceptors (Lipinski definition) is 3. The molecule has 0 saturated carbocycles. The van der Waals surface area contributed by atoms with Crippen molar-refractivity contribution in [3.8, 4) is 0 Å². The van der Waals surface area contributed by atoms with Gasteiger partial charge < -0.3 is 4.89 Å². The summed E-state index contributed by atoms with van der Waals surface area (Å²) in [5.74, 6) is 0. The molecule has 0 heterocycles. The molecule has 0 saturated heterocycles. The number of hydrogen-bond donors (Lipinski definition) is 1. The Kier molecular flexibility index (Phi) is 3.66. The molecule has 1 unspecified atom stereocenters. The second-order valence-electron chi connectivity index (χ2n) is 3.65. The summed E-state index contributed by atoms with van der Waals surface area (Å²) in [5, 5.41) is 0.136. The van der Waals surface area contributed by atoms with Crippen LogP contribution >= 0.6 is 8.03 Å². The van der Waals surface area contributed by atoms with Crippen LogP contribution < -0.4 is 5.30 Å². The molecule has 0 bridgehead atoms. The van der Waals surface area contributed by atoms with Crippen LogP contribution in [0.15, 0.2) is 64.4 Å². The highest BCUT2D eigenvalue weighted by molar-refractivity contribution is 7.91. The van der Waals surface area contributed by atoms with E-state index >= 15 is 0 Å². The standard InChI is InChI=1S/C12H11O4PS/c13-17(14)10-5-4-8-12(9-10)18(15,16)11-6-2-1-3-7-11/h1-9,17H,(H,13,14). The van der Waals surface area contributed by atoms with Crippen molar-refractivity contribution in [1.82, 2.24) is 0 Å². The lowest BCUT2D eigenvalue weighted by atomic mass is 10.4. The summed E-state index contributed by atoms with van der Waals surface area (Å²) < 4.78 is 35.5. The van der Waals surface area contributed by atoms with Crippen LogP contribution in [0, 0.1) is 0 Å². The minimum Gasteiger partial charge on any atom is -0.343 e. The Labute approximate surface area is 106 Å². The van der Waals surface area contributed by atoms with Crippen molar-refractivity contribution in [2.45, 2.75) is 9.79 Å². The van der Waals surface area contributed by atoms with Crippen LogP contribution in [0.25, 0.3) is 0 Å². The summed E-state index contributed by atoms with van der Waals surface area (Å²) >= 11 is 0. The summed E-state index contributed by atoms with van der Waals surface area (Å²) in [6, 6.07) is 13.5. The normalized spacial score (nSPS) is 13.2. The second kappa shape index (κ2) is 5.06. The lowest BCUT2D eigenvalue weighted by Gasteiger charge is -2.05. The van der Waals surface area contributed by atoms with E-state index < -0.39 is 17.9 Å². The highest BCUT2D eigenvalue weighted by Gasteiger charge is 2.17. The van der Waals surface area contributed by atoms with Gasteiger partial charge in [-0.25, -0.2) is 8.42 Å². The van der Waals surface area contributed by atoms with Gasteiger partial charge in [0.1, 0.15) is 0 Å². The van der Waals surface area contributed by atoms with Gasteiger partial charge in [-0.3, -0.25) is 4.57 Å². The van der Waals surface area contributed by atoms with Gasteiger partial charge in [-0.1, -0.05) is 24.3 Å². The van der Waals surface area contributed by atoms with Gasteiger partial charge >= 0.3 is 0 Å². The molecule has 6 heteroatoms. The first kappa shape index (κ1) is 13.0. The molecule has 18 heavy (non-hydrogen) atoms. The molecule has 0 radical (unpaired) electrons. The fourth-order valence-electron chi connectivity index (χ4n) is 1.53. The molecule has 0 amide bonds. The predicted molar refractivity (Wildman–Crippen MR) is 69.2 cm³/mol. The molecule has 1 atom stereocenters. The van der Waals surface area contributed by atoms with Gasteiger partial charge in [0, 0.05) is 5.30 Å². The minimum absolute atomic E-state index is 0.0265. The van der Waals surface area contributed by atoms with Gasteiger partial charge in [0.2, 0.25) is 17.9 Å². The van der Waals surface area contributed by atoms with Crippen molar-refractivity contribution >= 4 is 23.2 Å². The molecule has 0 aromatic heterocycles. The van der Waals surface area contributed by atoms with E-state index in [9.17, 15) is 13.0 Å². The molecule has 0 aliphatic carbocycles. The number of sulfone groups is 1. The Morgan fingerprint density at radius 3 is 2.11 bits per heavy atom. The highest BCUT2D eigenvalue weighted by Crippen LogP contribution is 2.22. The van der Waals surface area contributed by atoms with Crippen LogP contribution in [0.4, 0.5) is 0 Å². The average Bonchev–Trinajstić information content (AvgIpc) is 2.40. The summed E-state index contributed by atoms with van der Waals surface area (Å²) in [7, 11) is -6.52. The minimum atomic E-state index is -3.63. The van der Waals surface area contributed by atoms with Crippen molar-refractivity contribution in [2.75, 3.05) is 0 Å². The number of benzene rings is 2. The largest absolute Gasteiger partial charge is 0.343 e. The van der Waals surface area contributed by atoms with Crippen molar-refractivity contribution < 1.29 is 17.9 Å². The van der Waals surface area contributed by atoms with E-state index in [4.69, 9.17) is 4.89 Å². The Bertz CT molecular complexity index is 680. The molecule has 0 fully saturated rings.